The lowest BCUT2D eigenvalue weighted by Gasteiger charge is -2.56. The monoisotopic (exact) mass is 247 g/mol. The Kier molecular flexibility index (Phi) is 1.95. The lowest BCUT2D eigenvalue weighted by atomic mass is 9.53. The Bertz CT molecular complexity index is 473. The number of carbonyl (C=O) groups is 1. The van der Waals surface area contributed by atoms with E-state index in [1.165, 1.54) is 25.5 Å². The highest BCUT2D eigenvalue weighted by molar-refractivity contribution is 5.85. The van der Waals surface area contributed by atoms with Crippen molar-refractivity contribution in [2.45, 2.75) is 44.1 Å². The molecule has 0 amide bonds. The van der Waals surface area contributed by atoms with E-state index in [1.54, 1.807) is 4.68 Å². The highest BCUT2D eigenvalue weighted by Gasteiger charge is 2.53. The fourth-order valence-corrected chi connectivity index (χ4v) is 5.06. The van der Waals surface area contributed by atoms with Crippen LogP contribution in [0.3, 0.4) is 0 Å². The third kappa shape index (κ3) is 1.30. The van der Waals surface area contributed by atoms with Gasteiger partial charge in [0.25, 0.3) is 0 Å². The summed E-state index contributed by atoms with van der Waals surface area (Å²) in [6, 6.07) is 0. The Hall–Kier alpha value is -1.39. The van der Waals surface area contributed by atoms with Gasteiger partial charge in [-0.25, -0.2) is 9.48 Å². The first-order valence-corrected chi connectivity index (χ1v) is 6.81. The first-order valence-electron chi connectivity index (χ1n) is 6.81. The Balaban J connectivity index is 1.79. The molecule has 0 spiro atoms. The molecule has 0 aromatic carbocycles. The molecule has 1 aromatic heterocycles. The number of hydrogen-bond donors (Lipinski definition) is 1. The van der Waals surface area contributed by atoms with Crippen LogP contribution in [-0.2, 0) is 5.54 Å². The van der Waals surface area contributed by atoms with E-state index in [4.69, 9.17) is 0 Å². The summed E-state index contributed by atoms with van der Waals surface area (Å²) in [5, 5.41) is 17.2. The van der Waals surface area contributed by atoms with Gasteiger partial charge in [-0.05, 0) is 56.3 Å². The van der Waals surface area contributed by atoms with Crippen LogP contribution in [0.1, 0.15) is 49.0 Å². The SMILES string of the molecule is O=C(O)c1cnnn1C12CC3CC(CC(C3)C1)C2. The fraction of sp³-hybridized carbons (Fsp3) is 0.769. The van der Waals surface area contributed by atoms with Gasteiger partial charge in [0, 0.05) is 0 Å². The predicted molar refractivity (Wildman–Crippen MR) is 63.1 cm³/mol. The smallest absolute Gasteiger partial charge is 0.355 e. The quantitative estimate of drug-likeness (QED) is 0.866. The normalized spacial score (nSPS) is 41.2. The van der Waals surface area contributed by atoms with Crippen molar-refractivity contribution < 1.29 is 9.90 Å². The van der Waals surface area contributed by atoms with E-state index in [-0.39, 0.29) is 11.2 Å². The molecule has 5 nitrogen and oxygen atoms in total. The van der Waals surface area contributed by atoms with Crippen molar-refractivity contribution in [2.75, 3.05) is 0 Å². The summed E-state index contributed by atoms with van der Waals surface area (Å²) in [5.74, 6) is 1.43. The molecule has 1 N–H and O–H groups in total. The van der Waals surface area contributed by atoms with Gasteiger partial charge >= 0.3 is 5.97 Å². The second-order valence-corrected chi connectivity index (χ2v) is 6.48. The molecule has 4 fully saturated rings. The second kappa shape index (κ2) is 3.33. The van der Waals surface area contributed by atoms with Gasteiger partial charge in [-0.1, -0.05) is 5.21 Å². The molecule has 5 rings (SSSR count). The molecule has 18 heavy (non-hydrogen) atoms. The maximum atomic E-state index is 11.3. The number of carboxylic acids is 1. The van der Waals surface area contributed by atoms with Crippen LogP contribution in [0.4, 0.5) is 0 Å². The molecule has 1 heterocycles. The zero-order chi connectivity index (χ0) is 12.3. The van der Waals surface area contributed by atoms with E-state index < -0.39 is 5.97 Å². The van der Waals surface area contributed by atoms with Crippen molar-refractivity contribution in [3.63, 3.8) is 0 Å². The molecule has 4 aliphatic rings. The van der Waals surface area contributed by atoms with Gasteiger partial charge in [0.15, 0.2) is 5.69 Å². The van der Waals surface area contributed by atoms with Crippen LogP contribution in [0.5, 0.6) is 0 Å². The molecular formula is C13H17N3O2. The Morgan fingerprint density at radius 1 is 1.22 bits per heavy atom. The zero-order valence-corrected chi connectivity index (χ0v) is 10.2. The summed E-state index contributed by atoms with van der Waals surface area (Å²) in [6.45, 7) is 0. The van der Waals surface area contributed by atoms with Crippen LogP contribution in [0.25, 0.3) is 0 Å². The van der Waals surface area contributed by atoms with Gasteiger partial charge in [0.1, 0.15) is 0 Å². The number of aromatic carboxylic acids is 1. The van der Waals surface area contributed by atoms with Gasteiger partial charge in [-0.3, -0.25) is 0 Å². The minimum absolute atomic E-state index is 0.0427. The average molecular weight is 247 g/mol. The number of aromatic nitrogens is 3. The van der Waals surface area contributed by atoms with E-state index in [9.17, 15) is 9.90 Å². The number of carboxylic acid groups (broad SMARTS) is 1. The molecule has 4 bridgehead atoms. The topological polar surface area (TPSA) is 68.0 Å². The lowest BCUT2D eigenvalue weighted by Crippen LogP contribution is -2.52. The molecule has 96 valence electrons. The Morgan fingerprint density at radius 3 is 2.28 bits per heavy atom. The Labute approximate surface area is 105 Å². The molecule has 0 atom stereocenters. The number of nitrogens with zero attached hydrogens (tertiary/aromatic N) is 3. The van der Waals surface area contributed by atoms with Crippen LogP contribution in [0, 0.1) is 17.8 Å². The van der Waals surface area contributed by atoms with E-state index >= 15 is 0 Å². The summed E-state index contributed by atoms with van der Waals surface area (Å²) in [6.07, 6.45) is 8.72. The van der Waals surface area contributed by atoms with Gasteiger partial charge in [0.2, 0.25) is 0 Å². The van der Waals surface area contributed by atoms with Gasteiger partial charge in [0.05, 0.1) is 11.7 Å². The second-order valence-electron chi connectivity index (χ2n) is 6.48. The lowest BCUT2D eigenvalue weighted by molar-refractivity contribution is -0.0516. The van der Waals surface area contributed by atoms with E-state index in [0.29, 0.717) is 0 Å². The maximum absolute atomic E-state index is 11.3. The van der Waals surface area contributed by atoms with Crippen LogP contribution < -0.4 is 0 Å². The molecule has 0 unspecified atom stereocenters. The minimum atomic E-state index is -0.907. The van der Waals surface area contributed by atoms with Crippen molar-refractivity contribution in [2.24, 2.45) is 17.8 Å². The first kappa shape index (κ1) is 10.5. The van der Waals surface area contributed by atoms with Gasteiger partial charge in [-0.2, -0.15) is 0 Å². The molecule has 0 saturated heterocycles. The van der Waals surface area contributed by atoms with Crippen LogP contribution >= 0.6 is 0 Å². The molecule has 1 aromatic rings. The largest absolute Gasteiger partial charge is 0.476 e. The molecule has 0 aliphatic heterocycles. The zero-order valence-electron chi connectivity index (χ0n) is 10.2. The van der Waals surface area contributed by atoms with Gasteiger partial charge in [-0.15, -0.1) is 5.10 Å². The van der Waals surface area contributed by atoms with Crippen LogP contribution in [0.15, 0.2) is 6.20 Å². The van der Waals surface area contributed by atoms with Gasteiger partial charge < -0.3 is 5.11 Å². The van der Waals surface area contributed by atoms with E-state index in [0.717, 1.165) is 37.0 Å². The summed E-state index contributed by atoms with van der Waals surface area (Å²) in [5.41, 5.74) is 0.218. The molecule has 4 aliphatic carbocycles. The van der Waals surface area contributed by atoms with Crippen LogP contribution in [-0.4, -0.2) is 26.1 Å². The third-order valence-electron chi connectivity index (χ3n) is 5.22. The van der Waals surface area contributed by atoms with Crippen LogP contribution in [0.2, 0.25) is 0 Å². The molecule has 0 radical (unpaired) electrons. The van der Waals surface area contributed by atoms with Crippen molar-refractivity contribution in [1.82, 2.24) is 15.0 Å². The summed E-state index contributed by atoms with van der Waals surface area (Å²) >= 11 is 0. The van der Waals surface area contributed by atoms with E-state index in [1.807, 2.05) is 0 Å². The number of rotatable bonds is 2. The van der Waals surface area contributed by atoms with Crippen molar-refractivity contribution >= 4 is 5.97 Å². The highest BCUT2D eigenvalue weighted by Crippen LogP contribution is 2.58. The maximum Gasteiger partial charge on any atom is 0.355 e. The Morgan fingerprint density at radius 2 is 1.78 bits per heavy atom. The van der Waals surface area contributed by atoms with Crippen molar-refractivity contribution in [3.8, 4) is 0 Å². The fourth-order valence-electron chi connectivity index (χ4n) is 5.06. The summed E-state index contributed by atoms with van der Waals surface area (Å²) in [4.78, 5) is 11.3. The summed E-state index contributed by atoms with van der Waals surface area (Å²) < 4.78 is 1.74. The minimum Gasteiger partial charge on any atom is -0.476 e. The average Bonchev–Trinajstić information content (AvgIpc) is 2.76. The molecular weight excluding hydrogens is 230 g/mol. The van der Waals surface area contributed by atoms with Crippen molar-refractivity contribution in [3.05, 3.63) is 11.9 Å². The predicted octanol–water partition coefficient (Wildman–Crippen LogP) is 1.90. The van der Waals surface area contributed by atoms with Crippen molar-refractivity contribution in [1.29, 1.82) is 0 Å². The highest BCUT2D eigenvalue weighted by atomic mass is 16.4. The van der Waals surface area contributed by atoms with E-state index in [2.05, 4.69) is 10.3 Å². The standard InChI is InChI=1S/C13H17N3O2/c17-12(18)11-7-14-15-16(11)13-4-8-1-9(5-13)3-10(2-8)6-13/h7-10H,1-6H2,(H,17,18). The third-order valence-corrected chi connectivity index (χ3v) is 5.22. The number of hydrogen-bond acceptors (Lipinski definition) is 3. The summed E-state index contributed by atoms with van der Waals surface area (Å²) in [7, 11) is 0. The first-order chi connectivity index (χ1) is 8.66. The molecule has 4 saturated carbocycles. The molecule has 5 heteroatoms.